The summed E-state index contributed by atoms with van der Waals surface area (Å²) < 4.78 is 48.9. The van der Waals surface area contributed by atoms with Crippen molar-refractivity contribution in [2.24, 2.45) is 0 Å². The van der Waals surface area contributed by atoms with Gasteiger partial charge in [-0.3, -0.25) is 13.6 Å². The van der Waals surface area contributed by atoms with Crippen LogP contribution in [0.5, 0.6) is 0 Å². The van der Waals surface area contributed by atoms with Gasteiger partial charge in [0.15, 0.2) is 5.65 Å². The van der Waals surface area contributed by atoms with Crippen LogP contribution >= 0.6 is 7.60 Å². The maximum absolute atomic E-state index is 12.9. The zero-order valence-corrected chi connectivity index (χ0v) is 20.1. The summed E-state index contributed by atoms with van der Waals surface area (Å²) in [6, 6.07) is 0. The first-order valence-corrected chi connectivity index (χ1v) is 11.9. The minimum absolute atomic E-state index is 0.0316. The molecule has 2 heterocycles. The third-order valence-electron chi connectivity index (χ3n) is 3.68. The first-order valence-electron chi connectivity index (χ1n) is 10.1. The van der Waals surface area contributed by atoms with Gasteiger partial charge in [0.1, 0.15) is 18.5 Å². The van der Waals surface area contributed by atoms with Crippen LogP contribution in [-0.4, -0.2) is 70.8 Å². The lowest BCUT2D eigenvalue weighted by atomic mass is 10.4. The van der Waals surface area contributed by atoms with E-state index in [4.69, 9.17) is 29.0 Å². The van der Waals surface area contributed by atoms with Gasteiger partial charge in [-0.05, 0) is 27.7 Å². The number of anilines is 1. The van der Waals surface area contributed by atoms with E-state index in [-0.39, 0.29) is 19.0 Å². The summed E-state index contributed by atoms with van der Waals surface area (Å²) in [4.78, 5) is 30.9. The molecule has 0 fully saturated rings. The number of hydrogen-bond acceptors (Lipinski definition) is 14. The van der Waals surface area contributed by atoms with Gasteiger partial charge < -0.3 is 29.4 Å². The van der Waals surface area contributed by atoms with Gasteiger partial charge in [-0.1, -0.05) is 0 Å². The summed E-state index contributed by atoms with van der Waals surface area (Å²) in [7, 11) is -4.03. The molecule has 0 spiro atoms. The predicted molar refractivity (Wildman–Crippen MR) is 115 cm³/mol. The number of ether oxygens (including phenoxy) is 5. The van der Waals surface area contributed by atoms with E-state index in [1.807, 2.05) is 0 Å². The van der Waals surface area contributed by atoms with Crippen LogP contribution in [-0.2, 0) is 43.8 Å². The number of fused-ring (bicyclic) bond motifs is 1. The van der Waals surface area contributed by atoms with Gasteiger partial charge in [0.05, 0.1) is 36.9 Å². The molecular weight excluding hydrogens is 477 g/mol. The SMILES string of the molecule is CC(C)OC(=O)OCOP(=O)(COCCn1ncc2c(N)ncnc21)OCOC(=O)OC(C)C. The van der Waals surface area contributed by atoms with Crippen LogP contribution in [0.15, 0.2) is 12.5 Å². The molecule has 0 bridgehead atoms. The molecule has 0 aliphatic carbocycles. The molecule has 0 saturated carbocycles. The molecule has 2 N–H and O–H groups in total. The number of rotatable bonds is 13. The van der Waals surface area contributed by atoms with E-state index in [1.54, 1.807) is 27.7 Å². The van der Waals surface area contributed by atoms with Crippen LogP contribution in [0.2, 0.25) is 0 Å². The highest BCUT2D eigenvalue weighted by Crippen LogP contribution is 2.48. The van der Waals surface area contributed by atoms with Crippen LogP contribution in [0.25, 0.3) is 11.0 Å². The lowest BCUT2D eigenvalue weighted by molar-refractivity contribution is -0.0344. The zero-order valence-electron chi connectivity index (χ0n) is 19.2. The highest BCUT2D eigenvalue weighted by molar-refractivity contribution is 7.53. The van der Waals surface area contributed by atoms with Crippen LogP contribution in [0.1, 0.15) is 27.7 Å². The maximum atomic E-state index is 12.9. The predicted octanol–water partition coefficient (Wildman–Crippen LogP) is 2.65. The lowest BCUT2D eigenvalue weighted by Gasteiger charge is -2.18. The summed E-state index contributed by atoms with van der Waals surface area (Å²) in [5.41, 5.74) is 6.28. The zero-order chi connectivity index (χ0) is 25.1. The van der Waals surface area contributed by atoms with Crippen molar-refractivity contribution in [3.8, 4) is 0 Å². The Morgan fingerprint density at radius 2 is 1.62 bits per heavy atom. The number of aromatic nitrogens is 4. The normalized spacial score (nSPS) is 11.7. The molecule has 0 aromatic carbocycles. The van der Waals surface area contributed by atoms with Gasteiger partial charge in [-0.25, -0.2) is 24.2 Å². The topological polar surface area (TPSA) is 185 Å². The molecule has 0 unspecified atom stereocenters. The van der Waals surface area contributed by atoms with Crippen LogP contribution < -0.4 is 5.73 Å². The highest BCUT2D eigenvalue weighted by atomic mass is 31.2. The molecule has 16 heteroatoms. The van der Waals surface area contributed by atoms with Crippen molar-refractivity contribution in [1.29, 1.82) is 0 Å². The monoisotopic (exact) mass is 505 g/mol. The van der Waals surface area contributed by atoms with E-state index in [2.05, 4.69) is 24.5 Å². The summed E-state index contributed by atoms with van der Waals surface area (Å²) in [5.74, 6) is 0.287. The average molecular weight is 505 g/mol. The summed E-state index contributed by atoms with van der Waals surface area (Å²) >= 11 is 0. The first kappa shape index (κ1) is 27.2. The van der Waals surface area contributed by atoms with E-state index in [9.17, 15) is 14.2 Å². The summed E-state index contributed by atoms with van der Waals surface area (Å²) in [6.45, 7) is 5.27. The maximum Gasteiger partial charge on any atom is 0.510 e. The van der Waals surface area contributed by atoms with Gasteiger partial charge in [0, 0.05) is 0 Å². The number of nitrogen functional groups attached to an aromatic ring is 1. The average Bonchev–Trinajstić information content (AvgIpc) is 3.14. The van der Waals surface area contributed by atoms with Crippen molar-refractivity contribution in [2.75, 3.05) is 32.3 Å². The van der Waals surface area contributed by atoms with Crippen LogP contribution in [0, 0.1) is 0 Å². The molecule has 2 aromatic heterocycles. The first-order chi connectivity index (χ1) is 16.1. The van der Waals surface area contributed by atoms with Gasteiger partial charge in [-0.15, -0.1) is 0 Å². The van der Waals surface area contributed by atoms with E-state index in [0.717, 1.165) is 0 Å². The second-order valence-electron chi connectivity index (χ2n) is 7.13. The molecule has 2 rings (SSSR count). The molecular formula is C18H28N5O10P. The van der Waals surface area contributed by atoms with Crippen molar-refractivity contribution in [3.63, 3.8) is 0 Å². The lowest BCUT2D eigenvalue weighted by Crippen LogP contribution is -2.17. The molecule has 0 amide bonds. The second kappa shape index (κ2) is 13.0. The number of carbonyl (C=O) groups is 2. The van der Waals surface area contributed by atoms with Crippen LogP contribution in [0.4, 0.5) is 15.4 Å². The Morgan fingerprint density at radius 1 is 1.03 bits per heavy atom. The summed E-state index contributed by atoms with van der Waals surface area (Å²) in [5, 5.41) is 4.73. The Balaban J connectivity index is 1.88. The number of nitrogens with zero attached hydrogens (tertiary/aromatic N) is 4. The van der Waals surface area contributed by atoms with E-state index >= 15 is 0 Å². The van der Waals surface area contributed by atoms with Crippen molar-refractivity contribution >= 4 is 36.8 Å². The van der Waals surface area contributed by atoms with Gasteiger partial charge in [0.2, 0.25) is 13.6 Å². The second-order valence-corrected chi connectivity index (χ2v) is 9.12. The third kappa shape index (κ3) is 9.09. The molecule has 0 aliphatic heterocycles. The fourth-order valence-electron chi connectivity index (χ4n) is 2.28. The highest BCUT2D eigenvalue weighted by Gasteiger charge is 2.27. The molecule has 0 atom stereocenters. The van der Waals surface area contributed by atoms with Crippen molar-refractivity contribution in [1.82, 2.24) is 19.7 Å². The Bertz CT molecular complexity index is 967. The van der Waals surface area contributed by atoms with Gasteiger partial charge in [-0.2, -0.15) is 5.10 Å². The molecule has 190 valence electrons. The molecule has 34 heavy (non-hydrogen) atoms. The van der Waals surface area contributed by atoms with Crippen molar-refractivity contribution in [2.45, 2.75) is 46.4 Å². The Hall–Kier alpha value is -3.00. The minimum Gasteiger partial charge on any atom is -0.432 e. The van der Waals surface area contributed by atoms with E-state index < -0.39 is 52.0 Å². The van der Waals surface area contributed by atoms with E-state index in [0.29, 0.717) is 11.0 Å². The Morgan fingerprint density at radius 3 is 2.18 bits per heavy atom. The molecule has 0 aliphatic rings. The smallest absolute Gasteiger partial charge is 0.432 e. The Kier molecular flexibility index (Phi) is 10.4. The van der Waals surface area contributed by atoms with Crippen molar-refractivity contribution in [3.05, 3.63) is 12.5 Å². The molecule has 2 aromatic rings. The van der Waals surface area contributed by atoms with Gasteiger partial charge in [0.25, 0.3) is 0 Å². The largest absolute Gasteiger partial charge is 0.510 e. The molecule has 0 radical (unpaired) electrons. The number of carbonyl (C=O) groups excluding carboxylic acids is 2. The Labute approximate surface area is 195 Å². The number of hydrogen-bond donors (Lipinski definition) is 1. The van der Waals surface area contributed by atoms with Crippen molar-refractivity contribution < 1.29 is 46.9 Å². The fraction of sp³-hybridized carbons (Fsp3) is 0.611. The third-order valence-corrected chi connectivity index (χ3v) is 5.17. The van der Waals surface area contributed by atoms with Gasteiger partial charge >= 0.3 is 19.9 Å². The fourth-order valence-corrected chi connectivity index (χ4v) is 3.28. The van der Waals surface area contributed by atoms with Crippen LogP contribution in [0.3, 0.4) is 0 Å². The molecule has 15 nitrogen and oxygen atoms in total. The standard InChI is InChI=1S/C18H28N5O10P/c1-12(2)32-17(24)28-9-30-34(26,31-10-29-18(25)33-13(3)4)11-27-6-5-23-16-14(7-22-23)15(19)20-8-21-16/h7-8,12-13H,5-6,9-11H2,1-4H3,(H2,19,20,21). The molecule has 0 saturated heterocycles. The quantitative estimate of drug-likeness (QED) is 0.181. The van der Waals surface area contributed by atoms with E-state index in [1.165, 1.54) is 17.2 Å². The summed E-state index contributed by atoms with van der Waals surface area (Å²) in [6.07, 6.45) is -0.605. The minimum atomic E-state index is -4.03. The number of nitrogens with two attached hydrogens (primary N) is 1.